The number of rotatable bonds is 5. The molecule has 1 aliphatic carbocycles. The monoisotopic (exact) mass is 398 g/mol. The fourth-order valence-electron chi connectivity index (χ4n) is 3.15. The molecular weight excluding hydrogens is 380 g/mol. The van der Waals surface area contributed by atoms with Gasteiger partial charge >= 0.3 is 0 Å². The van der Waals surface area contributed by atoms with Crippen LogP contribution in [0.15, 0.2) is 38.2 Å². The van der Waals surface area contributed by atoms with Gasteiger partial charge in [0.2, 0.25) is 10.0 Å². The van der Waals surface area contributed by atoms with Gasteiger partial charge in [0.15, 0.2) is 5.76 Å². The van der Waals surface area contributed by atoms with E-state index in [0.717, 1.165) is 22.9 Å². The summed E-state index contributed by atoms with van der Waals surface area (Å²) in [6.45, 7) is 5.17. The van der Waals surface area contributed by atoms with Gasteiger partial charge < -0.3 is 4.52 Å². The average molecular weight is 399 g/mol. The smallest absolute Gasteiger partial charge is 0.246 e. The molecular formula is C16H19BrN2O3S. The molecule has 124 valence electrons. The van der Waals surface area contributed by atoms with Crippen LogP contribution in [0, 0.1) is 13.8 Å². The van der Waals surface area contributed by atoms with Crippen molar-refractivity contribution >= 4 is 26.0 Å². The standard InChI is InChI=1S/C16H19BrN2O3S/c1-10-15(11(2)22-18-10)23(20,21)19-12(3)16(8-9-16)13-4-6-14(17)7-5-13/h4-7,12,19H,8-9H2,1-3H3. The van der Waals surface area contributed by atoms with Gasteiger partial charge in [-0.15, -0.1) is 0 Å². The summed E-state index contributed by atoms with van der Waals surface area (Å²) in [5, 5.41) is 3.74. The molecule has 1 atom stereocenters. The Morgan fingerprint density at radius 3 is 2.35 bits per heavy atom. The van der Waals surface area contributed by atoms with Crippen LogP contribution < -0.4 is 4.72 Å². The molecule has 3 rings (SSSR count). The van der Waals surface area contributed by atoms with Crippen molar-refractivity contribution < 1.29 is 12.9 Å². The van der Waals surface area contributed by atoms with E-state index in [1.54, 1.807) is 13.8 Å². The van der Waals surface area contributed by atoms with E-state index < -0.39 is 10.0 Å². The number of hydrogen-bond acceptors (Lipinski definition) is 4. The Morgan fingerprint density at radius 2 is 1.87 bits per heavy atom. The van der Waals surface area contributed by atoms with Crippen molar-refractivity contribution in [2.45, 2.75) is 50.0 Å². The van der Waals surface area contributed by atoms with E-state index in [1.807, 2.05) is 19.1 Å². The number of sulfonamides is 1. The fraction of sp³-hybridized carbons (Fsp3) is 0.438. The zero-order chi connectivity index (χ0) is 16.8. The summed E-state index contributed by atoms with van der Waals surface area (Å²) < 4.78 is 34.2. The van der Waals surface area contributed by atoms with Gasteiger partial charge in [-0.3, -0.25) is 0 Å². The molecule has 0 radical (unpaired) electrons. The number of aryl methyl sites for hydroxylation is 2. The summed E-state index contributed by atoms with van der Waals surface area (Å²) in [4.78, 5) is 0.149. The molecule has 1 aromatic heterocycles. The summed E-state index contributed by atoms with van der Waals surface area (Å²) in [6.07, 6.45) is 1.94. The molecule has 0 bridgehead atoms. The molecule has 5 nitrogen and oxygen atoms in total. The Balaban J connectivity index is 1.87. The second kappa shape index (κ2) is 5.72. The normalized spacial score (nSPS) is 17.9. The minimum atomic E-state index is -3.65. The van der Waals surface area contributed by atoms with E-state index in [2.05, 4.69) is 37.9 Å². The number of nitrogens with one attached hydrogen (secondary N) is 1. The molecule has 7 heteroatoms. The molecule has 0 amide bonds. The zero-order valence-corrected chi connectivity index (χ0v) is 15.7. The summed E-state index contributed by atoms with van der Waals surface area (Å²) in [7, 11) is -3.65. The Morgan fingerprint density at radius 1 is 1.26 bits per heavy atom. The van der Waals surface area contributed by atoms with Gasteiger partial charge in [0.25, 0.3) is 0 Å². The number of aromatic nitrogens is 1. The van der Waals surface area contributed by atoms with Crippen LogP contribution in [0.1, 0.15) is 36.8 Å². The predicted molar refractivity (Wildman–Crippen MR) is 90.8 cm³/mol. The topological polar surface area (TPSA) is 72.2 Å². The molecule has 1 unspecified atom stereocenters. The highest BCUT2D eigenvalue weighted by atomic mass is 79.9. The lowest BCUT2D eigenvalue weighted by Crippen LogP contribution is -2.41. The third-order valence-corrected chi connectivity index (χ3v) is 6.92. The Kier molecular flexibility index (Phi) is 4.14. The number of nitrogens with zero attached hydrogens (tertiary/aromatic N) is 1. The third kappa shape index (κ3) is 2.97. The molecule has 1 saturated carbocycles. The summed E-state index contributed by atoms with van der Waals surface area (Å²) >= 11 is 3.43. The first kappa shape index (κ1) is 16.7. The maximum atomic E-state index is 12.7. The SMILES string of the molecule is Cc1noc(C)c1S(=O)(=O)NC(C)C1(c2ccc(Br)cc2)CC1. The van der Waals surface area contributed by atoms with E-state index in [0.29, 0.717) is 11.5 Å². The maximum absolute atomic E-state index is 12.7. The van der Waals surface area contributed by atoms with Crippen molar-refractivity contribution in [3.63, 3.8) is 0 Å². The number of hydrogen-bond donors (Lipinski definition) is 1. The lowest BCUT2D eigenvalue weighted by atomic mass is 9.90. The van der Waals surface area contributed by atoms with Crippen molar-refractivity contribution in [1.29, 1.82) is 0 Å². The summed E-state index contributed by atoms with van der Waals surface area (Å²) in [5.74, 6) is 0.315. The van der Waals surface area contributed by atoms with Crippen molar-refractivity contribution in [3.05, 3.63) is 45.8 Å². The van der Waals surface area contributed by atoms with Gasteiger partial charge in [0, 0.05) is 15.9 Å². The van der Waals surface area contributed by atoms with E-state index in [1.165, 1.54) is 0 Å². The quantitative estimate of drug-likeness (QED) is 0.836. The third-order valence-electron chi connectivity index (χ3n) is 4.61. The van der Waals surface area contributed by atoms with Crippen molar-refractivity contribution in [2.75, 3.05) is 0 Å². The highest BCUT2D eigenvalue weighted by Gasteiger charge is 2.50. The van der Waals surface area contributed by atoms with Crippen LogP contribution in [-0.4, -0.2) is 19.6 Å². The zero-order valence-electron chi connectivity index (χ0n) is 13.3. The molecule has 0 spiro atoms. The first-order valence-electron chi connectivity index (χ1n) is 7.47. The first-order chi connectivity index (χ1) is 10.8. The molecule has 1 fully saturated rings. The van der Waals surface area contributed by atoms with Crippen LogP contribution >= 0.6 is 15.9 Å². The van der Waals surface area contributed by atoms with E-state index in [-0.39, 0.29) is 16.4 Å². The van der Waals surface area contributed by atoms with Gasteiger partial charge in [-0.25, -0.2) is 13.1 Å². The van der Waals surface area contributed by atoms with Crippen molar-refractivity contribution in [1.82, 2.24) is 9.88 Å². The molecule has 0 aliphatic heterocycles. The number of halogens is 1. The van der Waals surface area contributed by atoms with Crippen LogP contribution in [0.3, 0.4) is 0 Å². The average Bonchev–Trinajstić information content (AvgIpc) is 3.20. The lowest BCUT2D eigenvalue weighted by Gasteiger charge is -2.25. The van der Waals surface area contributed by atoms with Crippen LogP contribution in [0.2, 0.25) is 0 Å². The molecule has 1 heterocycles. The van der Waals surface area contributed by atoms with Gasteiger partial charge in [-0.1, -0.05) is 33.2 Å². The van der Waals surface area contributed by atoms with Crippen molar-refractivity contribution in [2.24, 2.45) is 0 Å². The lowest BCUT2D eigenvalue weighted by molar-refractivity contribution is 0.390. The second-order valence-electron chi connectivity index (χ2n) is 6.16. The van der Waals surface area contributed by atoms with Gasteiger partial charge in [-0.2, -0.15) is 0 Å². The molecule has 2 aromatic rings. The molecule has 0 saturated heterocycles. The highest BCUT2D eigenvalue weighted by molar-refractivity contribution is 9.10. The van der Waals surface area contributed by atoms with Crippen LogP contribution in [-0.2, 0) is 15.4 Å². The molecule has 23 heavy (non-hydrogen) atoms. The fourth-order valence-corrected chi connectivity index (χ4v) is 5.07. The molecule has 1 aliphatic rings. The molecule has 1 aromatic carbocycles. The molecule has 1 N–H and O–H groups in total. The maximum Gasteiger partial charge on any atom is 0.246 e. The Bertz CT molecular complexity index is 804. The van der Waals surface area contributed by atoms with E-state index in [9.17, 15) is 8.42 Å². The Hall–Kier alpha value is -1.18. The van der Waals surface area contributed by atoms with Crippen LogP contribution in [0.5, 0.6) is 0 Å². The van der Waals surface area contributed by atoms with Gasteiger partial charge in [-0.05, 0) is 51.3 Å². The Labute approximate surface area is 144 Å². The summed E-state index contributed by atoms with van der Waals surface area (Å²) in [5.41, 5.74) is 1.41. The highest BCUT2D eigenvalue weighted by Crippen LogP contribution is 2.51. The minimum absolute atomic E-state index is 0.132. The van der Waals surface area contributed by atoms with E-state index >= 15 is 0 Å². The van der Waals surface area contributed by atoms with E-state index in [4.69, 9.17) is 4.52 Å². The van der Waals surface area contributed by atoms with Gasteiger partial charge in [0.1, 0.15) is 10.6 Å². The predicted octanol–water partition coefficient (Wildman–Crippen LogP) is 3.45. The summed E-state index contributed by atoms with van der Waals surface area (Å²) in [6, 6.07) is 7.88. The second-order valence-corrected chi connectivity index (χ2v) is 8.73. The van der Waals surface area contributed by atoms with Crippen molar-refractivity contribution in [3.8, 4) is 0 Å². The van der Waals surface area contributed by atoms with Gasteiger partial charge in [0.05, 0.1) is 0 Å². The number of benzene rings is 1. The first-order valence-corrected chi connectivity index (χ1v) is 9.75. The van der Waals surface area contributed by atoms with Crippen LogP contribution in [0.4, 0.5) is 0 Å². The largest absolute Gasteiger partial charge is 0.360 e. The van der Waals surface area contributed by atoms with Crippen LogP contribution in [0.25, 0.3) is 0 Å². The minimum Gasteiger partial charge on any atom is -0.360 e.